The van der Waals surface area contributed by atoms with Crippen LogP contribution in [-0.4, -0.2) is 44.2 Å². The Morgan fingerprint density at radius 1 is 1.09 bits per heavy atom. The molecule has 1 atom stereocenters. The quantitative estimate of drug-likeness (QED) is 0.660. The Hall–Kier alpha value is -2.91. The van der Waals surface area contributed by atoms with Crippen LogP contribution in [0.1, 0.15) is 32.3 Å². The number of nitrogens with one attached hydrogen (secondary N) is 2. The first-order valence-corrected chi connectivity index (χ1v) is 12.1. The Labute approximate surface area is 189 Å². The highest BCUT2D eigenvalue weighted by Gasteiger charge is 2.33. The van der Waals surface area contributed by atoms with E-state index in [-0.39, 0.29) is 23.3 Å². The topological polar surface area (TPSA) is 105 Å². The van der Waals surface area contributed by atoms with Gasteiger partial charge in [0, 0.05) is 31.4 Å². The van der Waals surface area contributed by atoms with Crippen LogP contribution in [-0.2, 0) is 19.6 Å². The van der Waals surface area contributed by atoms with E-state index in [1.165, 1.54) is 11.2 Å². The number of carbonyl (C=O) groups is 2. The van der Waals surface area contributed by atoms with Gasteiger partial charge in [-0.25, -0.2) is 8.42 Å². The molecule has 8 nitrogen and oxygen atoms in total. The van der Waals surface area contributed by atoms with Crippen molar-refractivity contribution in [2.75, 3.05) is 30.3 Å². The fraction of sp³-hybridized carbons (Fsp3) is 0.391. The molecule has 0 unspecified atom stereocenters. The van der Waals surface area contributed by atoms with E-state index >= 15 is 0 Å². The molecule has 0 saturated carbocycles. The number of rotatable bonds is 7. The lowest BCUT2D eigenvalue weighted by atomic mass is 9.98. The van der Waals surface area contributed by atoms with Crippen molar-refractivity contribution in [2.24, 2.45) is 5.92 Å². The summed E-state index contributed by atoms with van der Waals surface area (Å²) in [5.74, 6) is -0.183. The lowest BCUT2D eigenvalue weighted by Gasteiger charge is -2.31. The molecule has 0 aromatic heterocycles. The van der Waals surface area contributed by atoms with E-state index in [0.717, 1.165) is 5.56 Å². The molecule has 1 fully saturated rings. The molecule has 2 amide bonds. The molecule has 0 spiro atoms. The predicted octanol–water partition coefficient (Wildman–Crippen LogP) is 3.39. The summed E-state index contributed by atoms with van der Waals surface area (Å²) in [4.78, 5) is 24.1. The van der Waals surface area contributed by atoms with Crippen LogP contribution in [0.2, 0.25) is 0 Å². The Balaban J connectivity index is 1.68. The van der Waals surface area contributed by atoms with Crippen LogP contribution in [0, 0.1) is 12.8 Å². The van der Waals surface area contributed by atoms with Crippen LogP contribution in [0.25, 0.3) is 0 Å². The van der Waals surface area contributed by atoms with Gasteiger partial charge in [0.25, 0.3) is 0 Å². The third-order valence-electron chi connectivity index (χ3n) is 5.31. The second-order valence-corrected chi connectivity index (χ2v) is 9.75. The average molecular weight is 460 g/mol. The number of aryl methyl sites for hydroxylation is 1. The van der Waals surface area contributed by atoms with Crippen molar-refractivity contribution in [3.05, 3.63) is 48.0 Å². The van der Waals surface area contributed by atoms with E-state index in [2.05, 4.69) is 10.6 Å². The van der Waals surface area contributed by atoms with Gasteiger partial charge in [0.15, 0.2) is 0 Å². The molecule has 172 valence electrons. The van der Waals surface area contributed by atoms with E-state index < -0.39 is 15.9 Å². The van der Waals surface area contributed by atoms with Gasteiger partial charge in [-0.15, -0.1) is 0 Å². The number of hydrogen-bond acceptors (Lipinski definition) is 5. The van der Waals surface area contributed by atoms with Crippen LogP contribution < -0.4 is 15.4 Å². The van der Waals surface area contributed by atoms with Crippen molar-refractivity contribution in [3.8, 4) is 5.75 Å². The highest BCUT2D eigenvalue weighted by molar-refractivity contribution is 7.89. The molecular weight excluding hydrogens is 430 g/mol. The summed E-state index contributed by atoms with van der Waals surface area (Å²) >= 11 is 0. The van der Waals surface area contributed by atoms with Crippen LogP contribution >= 0.6 is 0 Å². The molecule has 1 saturated heterocycles. The van der Waals surface area contributed by atoms with Crippen LogP contribution in [0.3, 0.4) is 0 Å². The normalized spacial score (nSPS) is 16.9. The first kappa shape index (κ1) is 23.7. The maximum absolute atomic E-state index is 13.2. The molecule has 0 bridgehead atoms. The largest absolute Gasteiger partial charge is 0.494 e. The molecule has 1 aliphatic heterocycles. The van der Waals surface area contributed by atoms with E-state index in [1.54, 1.807) is 42.5 Å². The molecule has 2 aromatic carbocycles. The number of ether oxygens (including phenoxy) is 1. The average Bonchev–Trinajstić information content (AvgIpc) is 2.76. The first-order chi connectivity index (χ1) is 15.2. The number of piperidine rings is 1. The Morgan fingerprint density at radius 3 is 2.34 bits per heavy atom. The summed E-state index contributed by atoms with van der Waals surface area (Å²) in [6.07, 6.45) is 1.22. The van der Waals surface area contributed by atoms with Gasteiger partial charge in [0.05, 0.1) is 17.4 Å². The van der Waals surface area contributed by atoms with E-state index in [1.807, 2.05) is 13.8 Å². The second-order valence-electron chi connectivity index (χ2n) is 7.81. The van der Waals surface area contributed by atoms with Crippen molar-refractivity contribution in [3.63, 3.8) is 0 Å². The van der Waals surface area contributed by atoms with Crippen molar-refractivity contribution < 1.29 is 22.7 Å². The van der Waals surface area contributed by atoms with E-state index in [9.17, 15) is 18.0 Å². The van der Waals surface area contributed by atoms with Crippen molar-refractivity contribution in [1.82, 2.24) is 4.31 Å². The monoisotopic (exact) mass is 459 g/mol. The minimum atomic E-state index is -3.72. The lowest BCUT2D eigenvalue weighted by molar-refractivity contribution is -0.121. The van der Waals surface area contributed by atoms with Gasteiger partial charge in [-0.1, -0.05) is 0 Å². The molecule has 3 rings (SSSR count). The zero-order valence-electron chi connectivity index (χ0n) is 18.6. The van der Waals surface area contributed by atoms with E-state index in [4.69, 9.17) is 4.74 Å². The summed E-state index contributed by atoms with van der Waals surface area (Å²) in [5, 5.41) is 5.51. The molecular formula is C23H29N3O5S. The fourth-order valence-corrected chi connectivity index (χ4v) is 5.32. The van der Waals surface area contributed by atoms with Gasteiger partial charge in [-0.2, -0.15) is 4.31 Å². The Morgan fingerprint density at radius 2 is 1.75 bits per heavy atom. The molecule has 9 heteroatoms. The molecule has 1 heterocycles. The number of hydrogen-bond donors (Lipinski definition) is 2. The maximum atomic E-state index is 13.2. The summed E-state index contributed by atoms with van der Waals surface area (Å²) in [6.45, 7) is 6.13. The summed E-state index contributed by atoms with van der Waals surface area (Å²) in [6, 6.07) is 11.6. The zero-order valence-corrected chi connectivity index (χ0v) is 19.4. The van der Waals surface area contributed by atoms with Gasteiger partial charge in [0.1, 0.15) is 5.75 Å². The first-order valence-electron chi connectivity index (χ1n) is 10.6. The van der Waals surface area contributed by atoms with Crippen molar-refractivity contribution in [1.29, 1.82) is 0 Å². The Kier molecular flexibility index (Phi) is 7.52. The van der Waals surface area contributed by atoms with Crippen LogP contribution in [0.5, 0.6) is 5.75 Å². The van der Waals surface area contributed by atoms with Gasteiger partial charge in [0.2, 0.25) is 21.8 Å². The molecule has 0 radical (unpaired) electrons. The number of amides is 2. The molecule has 2 N–H and O–H groups in total. The third kappa shape index (κ3) is 5.66. The van der Waals surface area contributed by atoms with Gasteiger partial charge in [-0.3, -0.25) is 9.59 Å². The molecule has 1 aliphatic rings. The van der Waals surface area contributed by atoms with Crippen molar-refractivity contribution in [2.45, 2.75) is 38.5 Å². The molecule has 2 aromatic rings. The van der Waals surface area contributed by atoms with Gasteiger partial charge < -0.3 is 15.4 Å². The fourth-order valence-electron chi connectivity index (χ4n) is 3.71. The predicted molar refractivity (Wildman–Crippen MR) is 123 cm³/mol. The summed E-state index contributed by atoms with van der Waals surface area (Å²) in [5.41, 5.74) is 1.98. The third-order valence-corrected chi connectivity index (χ3v) is 7.17. The summed E-state index contributed by atoms with van der Waals surface area (Å²) in [7, 11) is -3.72. The number of carbonyl (C=O) groups excluding carboxylic acids is 2. The second kappa shape index (κ2) is 10.1. The highest BCUT2D eigenvalue weighted by atomic mass is 32.2. The smallest absolute Gasteiger partial charge is 0.243 e. The number of sulfonamides is 1. The SMILES string of the molecule is CCOc1ccc(S(=O)(=O)N2CCC[C@@H](C(=O)Nc3ccc(NC(C)=O)cc3)C2)cc1C. The van der Waals surface area contributed by atoms with Crippen LogP contribution in [0.4, 0.5) is 11.4 Å². The van der Waals surface area contributed by atoms with Crippen LogP contribution in [0.15, 0.2) is 47.4 Å². The number of nitrogens with zero attached hydrogens (tertiary/aromatic N) is 1. The Bertz CT molecular complexity index is 1080. The zero-order chi connectivity index (χ0) is 23.3. The minimum Gasteiger partial charge on any atom is -0.494 e. The van der Waals surface area contributed by atoms with Crippen molar-refractivity contribution >= 4 is 33.2 Å². The highest BCUT2D eigenvalue weighted by Crippen LogP contribution is 2.28. The summed E-state index contributed by atoms with van der Waals surface area (Å²) < 4.78 is 33.2. The number of benzene rings is 2. The van der Waals surface area contributed by atoms with Gasteiger partial charge >= 0.3 is 0 Å². The molecule has 0 aliphatic carbocycles. The number of anilines is 2. The molecule has 32 heavy (non-hydrogen) atoms. The maximum Gasteiger partial charge on any atom is 0.243 e. The van der Waals surface area contributed by atoms with Gasteiger partial charge in [-0.05, 0) is 74.7 Å². The minimum absolute atomic E-state index is 0.129. The van der Waals surface area contributed by atoms with E-state index in [0.29, 0.717) is 43.1 Å². The lowest BCUT2D eigenvalue weighted by Crippen LogP contribution is -2.43. The standard InChI is InChI=1S/C23H29N3O5S/c1-4-31-22-12-11-21(14-16(22)2)32(29,30)26-13-5-6-18(15-26)23(28)25-20-9-7-19(8-10-20)24-17(3)27/h7-12,14,18H,4-6,13,15H2,1-3H3,(H,24,27)(H,25,28)/t18-/m1/s1.